The van der Waals surface area contributed by atoms with Crippen LogP contribution in [0, 0.1) is 5.82 Å². The highest BCUT2D eigenvalue weighted by atomic mass is 35.5. The van der Waals surface area contributed by atoms with Crippen molar-refractivity contribution in [2.24, 2.45) is 0 Å². The minimum Gasteiger partial charge on any atom is -0.494 e. The van der Waals surface area contributed by atoms with Crippen LogP contribution in [0.1, 0.15) is 5.56 Å². The highest BCUT2D eigenvalue weighted by Gasteiger charge is 2.19. The highest BCUT2D eigenvalue weighted by molar-refractivity contribution is 8.00. The average molecular weight is 446 g/mol. The van der Waals surface area contributed by atoms with E-state index in [2.05, 4.69) is 14.9 Å². The monoisotopic (exact) mass is 445 g/mol. The Kier molecular flexibility index (Phi) is 6.20. The number of nitrogens with one attached hydrogen (secondary N) is 1. The molecule has 1 N–H and O–H groups in total. The molecule has 1 aromatic heterocycles. The number of aromatic nitrogens is 2. The van der Waals surface area contributed by atoms with Gasteiger partial charge in [0, 0.05) is 10.8 Å². The van der Waals surface area contributed by atoms with Crippen molar-refractivity contribution in [3.8, 4) is 5.75 Å². The van der Waals surface area contributed by atoms with Gasteiger partial charge in [0.2, 0.25) is 5.13 Å². The molecule has 0 aliphatic carbocycles. The number of thioether (sulfide) groups is 1. The minimum atomic E-state index is -3.99. The molecule has 0 radical (unpaired) electrons. The topological polar surface area (TPSA) is 81.2 Å². The second kappa shape index (κ2) is 8.42. The van der Waals surface area contributed by atoms with Gasteiger partial charge < -0.3 is 4.74 Å². The van der Waals surface area contributed by atoms with Crippen LogP contribution >= 0.6 is 34.7 Å². The van der Waals surface area contributed by atoms with Gasteiger partial charge in [-0.2, -0.15) is 0 Å². The summed E-state index contributed by atoms with van der Waals surface area (Å²) in [4.78, 5) is -0.235. The summed E-state index contributed by atoms with van der Waals surface area (Å²) in [5.74, 6) is -0.234. The fourth-order valence-electron chi connectivity index (χ4n) is 2.05. The second-order valence-corrected chi connectivity index (χ2v) is 9.44. The lowest BCUT2D eigenvalue weighted by molar-refractivity contribution is 0.385. The lowest BCUT2D eigenvalue weighted by Gasteiger charge is -2.06. The first-order valence-electron chi connectivity index (χ1n) is 7.45. The van der Waals surface area contributed by atoms with Crippen molar-refractivity contribution in [2.45, 2.75) is 15.0 Å². The van der Waals surface area contributed by atoms with Crippen molar-refractivity contribution in [1.82, 2.24) is 10.2 Å². The molecular formula is C16H13ClFN3O3S3. The molecule has 27 heavy (non-hydrogen) atoms. The van der Waals surface area contributed by atoms with Gasteiger partial charge >= 0.3 is 0 Å². The van der Waals surface area contributed by atoms with E-state index in [1.807, 2.05) is 18.2 Å². The van der Waals surface area contributed by atoms with Gasteiger partial charge in [0.05, 0.1) is 12.0 Å². The predicted octanol–water partition coefficient (Wildman–Crippen LogP) is 4.43. The van der Waals surface area contributed by atoms with E-state index >= 15 is 0 Å². The number of nitrogens with zero attached hydrogens (tertiary/aromatic N) is 2. The van der Waals surface area contributed by atoms with Crippen LogP contribution in [0.3, 0.4) is 0 Å². The third-order valence-corrected chi connectivity index (χ3v) is 7.23. The van der Waals surface area contributed by atoms with Gasteiger partial charge in [-0.1, -0.05) is 52.9 Å². The van der Waals surface area contributed by atoms with E-state index in [1.165, 1.54) is 31.0 Å². The molecule has 0 aliphatic rings. The van der Waals surface area contributed by atoms with E-state index in [1.54, 1.807) is 6.07 Å². The first-order valence-corrected chi connectivity index (χ1v) is 11.1. The van der Waals surface area contributed by atoms with Gasteiger partial charge in [-0.3, -0.25) is 4.72 Å². The standard InChI is InChI=1S/C16H13ClFN3O3S3/c1-24-14-7-6-11(8-13(14)18)27(22,23)21-15-19-20-16(26-15)25-9-10-4-2-3-5-12(10)17/h2-8H,9H2,1H3,(H,19,21). The van der Waals surface area contributed by atoms with Gasteiger partial charge in [-0.15, -0.1) is 10.2 Å². The van der Waals surface area contributed by atoms with Crippen LogP contribution < -0.4 is 9.46 Å². The van der Waals surface area contributed by atoms with Crippen molar-refractivity contribution in [3.05, 3.63) is 58.9 Å². The number of methoxy groups -OCH3 is 1. The zero-order valence-corrected chi connectivity index (χ0v) is 17.1. The van der Waals surface area contributed by atoms with E-state index in [0.717, 1.165) is 23.0 Å². The Morgan fingerprint density at radius 1 is 1.26 bits per heavy atom. The van der Waals surface area contributed by atoms with Gasteiger partial charge in [0.1, 0.15) is 0 Å². The number of ether oxygens (including phenoxy) is 1. The maximum atomic E-state index is 13.8. The zero-order valence-electron chi connectivity index (χ0n) is 13.8. The molecule has 3 aromatic rings. The smallest absolute Gasteiger partial charge is 0.263 e. The Hall–Kier alpha value is -1.88. The van der Waals surface area contributed by atoms with Crippen LogP contribution in [0.2, 0.25) is 5.02 Å². The molecule has 11 heteroatoms. The lowest BCUT2D eigenvalue weighted by Crippen LogP contribution is -2.13. The van der Waals surface area contributed by atoms with Crippen LogP contribution in [-0.4, -0.2) is 25.7 Å². The van der Waals surface area contributed by atoms with Crippen molar-refractivity contribution in [3.63, 3.8) is 0 Å². The van der Waals surface area contributed by atoms with Gasteiger partial charge in [0.15, 0.2) is 15.9 Å². The van der Waals surface area contributed by atoms with E-state index in [9.17, 15) is 12.8 Å². The molecule has 2 aromatic carbocycles. The third-order valence-electron chi connectivity index (χ3n) is 3.37. The van der Waals surface area contributed by atoms with Gasteiger partial charge in [-0.25, -0.2) is 12.8 Å². The summed E-state index contributed by atoms with van der Waals surface area (Å²) in [7, 11) is -2.69. The third kappa shape index (κ3) is 4.89. The number of sulfonamides is 1. The molecule has 0 saturated carbocycles. The van der Waals surface area contributed by atoms with E-state index in [-0.39, 0.29) is 15.8 Å². The maximum absolute atomic E-state index is 13.8. The number of hydrogen-bond acceptors (Lipinski definition) is 7. The molecule has 3 rings (SSSR count). The van der Waals surface area contributed by atoms with Crippen LogP contribution in [0.25, 0.3) is 0 Å². The molecule has 1 heterocycles. The summed E-state index contributed by atoms with van der Waals surface area (Å²) < 4.78 is 46.2. The molecule has 0 atom stereocenters. The molecule has 6 nitrogen and oxygen atoms in total. The largest absolute Gasteiger partial charge is 0.494 e. The number of benzene rings is 2. The van der Waals surface area contributed by atoms with E-state index in [0.29, 0.717) is 15.1 Å². The summed E-state index contributed by atoms with van der Waals surface area (Å²) >= 11 is 8.57. The zero-order chi connectivity index (χ0) is 19.4. The molecule has 0 bridgehead atoms. The fraction of sp³-hybridized carbons (Fsp3) is 0.125. The minimum absolute atomic E-state index is 0.0388. The molecule has 0 aliphatic heterocycles. The SMILES string of the molecule is COc1ccc(S(=O)(=O)Nc2nnc(SCc3ccccc3Cl)s2)cc1F. The average Bonchev–Trinajstić information content (AvgIpc) is 3.07. The summed E-state index contributed by atoms with van der Waals surface area (Å²) in [5.41, 5.74) is 0.940. The Balaban J connectivity index is 1.69. The van der Waals surface area contributed by atoms with Crippen LogP contribution in [0.4, 0.5) is 9.52 Å². The van der Waals surface area contributed by atoms with Crippen molar-refractivity contribution >= 4 is 49.9 Å². The number of hydrogen-bond donors (Lipinski definition) is 1. The van der Waals surface area contributed by atoms with E-state index < -0.39 is 15.8 Å². The molecule has 0 saturated heterocycles. The first-order chi connectivity index (χ1) is 12.9. The summed E-state index contributed by atoms with van der Waals surface area (Å²) in [6.45, 7) is 0. The Morgan fingerprint density at radius 3 is 2.74 bits per heavy atom. The summed E-state index contributed by atoms with van der Waals surface area (Å²) in [5, 5.41) is 8.52. The predicted molar refractivity (Wildman–Crippen MR) is 105 cm³/mol. The Labute approximate surface area is 168 Å². The highest BCUT2D eigenvalue weighted by Crippen LogP contribution is 2.31. The quantitative estimate of drug-likeness (QED) is 0.542. The van der Waals surface area contributed by atoms with Gasteiger partial charge in [0.25, 0.3) is 10.0 Å². The fourth-order valence-corrected chi connectivity index (χ4v) is 5.33. The number of anilines is 1. The first kappa shape index (κ1) is 19.9. The van der Waals surface area contributed by atoms with Crippen molar-refractivity contribution < 1.29 is 17.5 Å². The van der Waals surface area contributed by atoms with Crippen LogP contribution in [0.15, 0.2) is 51.7 Å². The number of halogens is 2. The molecular weight excluding hydrogens is 433 g/mol. The van der Waals surface area contributed by atoms with E-state index in [4.69, 9.17) is 16.3 Å². The Morgan fingerprint density at radius 2 is 2.04 bits per heavy atom. The van der Waals surface area contributed by atoms with Crippen LogP contribution in [-0.2, 0) is 15.8 Å². The normalized spacial score (nSPS) is 11.4. The lowest BCUT2D eigenvalue weighted by atomic mass is 10.2. The molecule has 142 valence electrons. The van der Waals surface area contributed by atoms with Crippen molar-refractivity contribution in [1.29, 1.82) is 0 Å². The van der Waals surface area contributed by atoms with Crippen LogP contribution in [0.5, 0.6) is 5.75 Å². The maximum Gasteiger partial charge on any atom is 0.263 e. The van der Waals surface area contributed by atoms with Crippen molar-refractivity contribution in [2.75, 3.05) is 11.8 Å². The number of rotatable bonds is 7. The molecule has 0 amide bonds. The van der Waals surface area contributed by atoms with Gasteiger partial charge in [-0.05, 0) is 29.8 Å². The molecule has 0 unspecified atom stereocenters. The molecule has 0 fully saturated rings. The second-order valence-electron chi connectivity index (χ2n) is 5.16. The summed E-state index contributed by atoms with van der Waals surface area (Å²) in [6, 6.07) is 10.8. The Bertz CT molecular complexity index is 1060. The summed E-state index contributed by atoms with van der Waals surface area (Å²) in [6.07, 6.45) is 0. The molecule has 0 spiro atoms.